The molecule has 1 saturated heterocycles. The van der Waals surface area contributed by atoms with Crippen molar-refractivity contribution in [3.05, 3.63) is 45.9 Å². The van der Waals surface area contributed by atoms with Crippen LogP contribution >= 0.6 is 22.9 Å². The van der Waals surface area contributed by atoms with Gasteiger partial charge in [-0.25, -0.2) is 4.39 Å². The van der Waals surface area contributed by atoms with E-state index in [2.05, 4.69) is 4.98 Å². The van der Waals surface area contributed by atoms with Crippen LogP contribution in [0.25, 0.3) is 21.3 Å². The molecule has 0 radical (unpaired) electrons. The van der Waals surface area contributed by atoms with Gasteiger partial charge in [0, 0.05) is 40.1 Å². The van der Waals surface area contributed by atoms with Crippen LogP contribution in [-0.2, 0) is 22.3 Å². The zero-order valence-corrected chi connectivity index (χ0v) is 19.8. The molecule has 5 nitrogen and oxygen atoms in total. The number of aromatic nitrogens is 1. The molecule has 1 aromatic carbocycles. The zero-order chi connectivity index (χ0) is 24.9. The number of fused-ring (bicyclic) bond motifs is 1. The van der Waals surface area contributed by atoms with Crippen LogP contribution in [0.5, 0.6) is 5.75 Å². The van der Waals surface area contributed by atoms with Crippen LogP contribution in [0, 0.1) is 0 Å². The van der Waals surface area contributed by atoms with E-state index in [0.717, 1.165) is 6.07 Å². The van der Waals surface area contributed by atoms with Gasteiger partial charge in [0.05, 0.1) is 22.3 Å². The van der Waals surface area contributed by atoms with E-state index in [1.165, 1.54) is 28.5 Å². The molecule has 184 valence electrons. The molecular weight excluding hydrogens is 508 g/mol. The number of carbonyl (C=O) groups excluding carboxylic acids is 2. The maximum atomic E-state index is 14.3. The van der Waals surface area contributed by atoms with Crippen molar-refractivity contribution in [1.82, 2.24) is 9.88 Å². The number of rotatable bonds is 5. The Kier molecular flexibility index (Phi) is 6.21. The van der Waals surface area contributed by atoms with Crippen molar-refractivity contribution in [2.45, 2.75) is 57.1 Å². The van der Waals surface area contributed by atoms with Crippen LogP contribution in [0.15, 0.2) is 30.5 Å². The summed E-state index contributed by atoms with van der Waals surface area (Å²) >= 11 is 7.32. The standard InChI is InChI=1S/C24H19ClF4N2O3S/c25-12-8-15(22(16(9-12)24(27,28)29)34-19-3-1-2-17(19)26)14-6-7-30-18-10-13(35-23(14)18)11-31-20(32)4-5-21(31)33/h6-10,17,19H,1-5,11H2/t17-,19+/m0/s1. The normalized spacial score (nSPS) is 20.9. The molecular formula is C24H19ClF4N2O3S. The predicted octanol–water partition coefficient (Wildman–Crippen LogP) is 6.55. The summed E-state index contributed by atoms with van der Waals surface area (Å²) in [5, 5.41) is -0.141. The smallest absolute Gasteiger partial charge is 0.420 e. The third-order valence-electron chi connectivity index (χ3n) is 6.22. The Bertz CT molecular complexity index is 1310. The lowest BCUT2D eigenvalue weighted by atomic mass is 10.0. The minimum absolute atomic E-state index is 0.0659. The summed E-state index contributed by atoms with van der Waals surface area (Å²) in [4.78, 5) is 30.2. The van der Waals surface area contributed by atoms with Crippen LogP contribution in [0.1, 0.15) is 42.5 Å². The second kappa shape index (κ2) is 9.05. The molecule has 0 N–H and O–H groups in total. The van der Waals surface area contributed by atoms with Crippen LogP contribution in [0.3, 0.4) is 0 Å². The first-order chi connectivity index (χ1) is 16.6. The SMILES string of the molecule is O=C1CCC(=O)N1Cc1cc2nccc(-c3cc(Cl)cc(C(F)(F)F)c3O[C@@H]3CCC[C@@H]3F)c2s1. The molecule has 0 spiro atoms. The van der Waals surface area contributed by atoms with E-state index >= 15 is 0 Å². The first kappa shape index (κ1) is 24.0. The molecule has 1 saturated carbocycles. The van der Waals surface area contributed by atoms with Gasteiger partial charge in [-0.15, -0.1) is 11.3 Å². The Labute approximate surface area is 206 Å². The number of amides is 2. The number of thiophene rings is 1. The number of ether oxygens (including phenoxy) is 1. The molecule has 11 heteroatoms. The first-order valence-corrected chi connectivity index (χ1v) is 12.2. The van der Waals surface area contributed by atoms with Crippen LogP contribution < -0.4 is 4.74 Å². The zero-order valence-electron chi connectivity index (χ0n) is 18.2. The summed E-state index contributed by atoms with van der Waals surface area (Å²) in [6, 6.07) is 5.41. The van der Waals surface area contributed by atoms with E-state index in [4.69, 9.17) is 16.3 Å². The number of hydrogen-bond acceptors (Lipinski definition) is 5. The van der Waals surface area contributed by atoms with Crippen molar-refractivity contribution in [3.63, 3.8) is 0 Å². The van der Waals surface area contributed by atoms with Crippen molar-refractivity contribution in [2.24, 2.45) is 0 Å². The van der Waals surface area contributed by atoms with E-state index < -0.39 is 29.8 Å². The van der Waals surface area contributed by atoms with E-state index in [1.54, 1.807) is 12.1 Å². The minimum Gasteiger partial charge on any atom is -0.486 e. The number of benzene rings is 1. The Morgan fingerprint density at radius 3 is 2.51 bits per heavy atom. The van der Waals surface area contributed by atoms with Gasteiger partial charge >= 0.3 is 6.18 Å². The van der Waals surface area contributed by atoms with Crippen molar-refractivity contribution >= 4 is 45.0 Å². The molecule has 2 fully saturated rings. The first-order valence-electron chi connectivity index (χ1n) is 11.0. The number of pyridine rings is 1. The molecule has 2 amide bonds. The molecule has 5 rings (SSSR count). The number of carbonyl (C=O) groups is 2. The number of imide groups is 1. The molecule has 0 bridgehead atoms. The predicted molar refractivity (Wildman–Crippen MR) is 123 cm³/mol. The average Bonchev–Trinajstić information content (AvgIpc) is 3.48. The Hall–Kier alpha value is -2.72. The maximum absolute atomic E-state index is 14.3. The number of likely N-dealkylation sites (tertiary alicyclic amines) is 1. The Balaban J connectivity index is 1.63. The second-order valence-electron chi connectivity index (χ2n) is 8.59. The van der Waals surface area contributed by atoms with Crippen LogP contribution in [-0.4, -0.2) is 34.0 Å². The lowest BCUT2D eigenvalue weighted by Gasteiger charge is -2.23. The third-order valence-corrected chi connectivity index (χ3v) is 7.58. The van der Waals surface area contributed by atoms with Gasteiger partial charge in [0.2, 0.25) is 11.8 Å². The quantitative estimate of drug-likeness (QED) is 0.279. The third kappa shape index (κ3) is 4.61. The maximum Gasteiger partial charge on any atom is 0.420 e. The molecule has 35 heavy (non-hydrogen) atoms. The summed E-state index contributed by atoms with van der Waals surface area (Å²) < 4.78 is 62.6. The van der Waals surface area contributed by atoms with Gasteiger partial charge in [0.1, 0.15) is 18.0 Å². The number of halogens is 5. The molecule has 2 atom stereocenters. The highest BCUT2D eigenvalue weighted by atomic mass is 35.5. The van der Waals surface area contributed by atoms with Gasteiger partial charge in [0.15, 0.2) is 0 Å². The van der Waals surface area contributed by atoms with E-state index in [1.807, 2.05) is 0 Å². The number of alkyl halides is 4. The minimum atomic E-state index is -4.78. The molecule has 3 aromatic rings. The van der Waals surface area contributed by atoms with Gasteiger partial charge in [-0.05, 0) is 43.5 Å². The monoisotopic (exact) mass is 526 g/mol. The summed E-state index contributed by atoms with van der Waals surface area (Å²) in [6.07, 6.45) is -4.28. The van der Waals surface area contributed by atoms with Crippen LogP contribution in [0.4, 0.5) is 17.6 Å². The lowest BCUT2D eigenvalue weighted by molar-refractivity contribution is -0.140. The van der Waals surface area contributed by atoms with Crippen LogP contribution in [0.2, 0.25) is 5.02 Å². The largest absolute Gasteiger partial charge is 0.486 e. The van der Waals surface area contributed by atoms with E-state index in [9.17, 15) is 27.2 Å². The molecule has 1 aliphatic carbocycles. The lowest BCUT2D eigenvalue weighted by Crippen LogP contribution is -2.27. The topological polar surface area (TPSA) is 59.5 Å². The summed E-state index contributed by atoms with van der Waals surface area (Å²) in [7, 11) is 0. The Morgan fingerprint density at radius 1 is 1.11 bits per heavy atom. The highest BCUT2D eigenvalue weighted by Gasteiger charge is 2.39. The van der Waals surface area contributed by atoms with Gasteiger partial charge < -0.3 is 4.74 Å². The number of nitrogens with zero attached hydrogens (tertiary/aromatic N) is 2. The highest BCUT2D eigenvalue weighted by Crippen LogP contribution is 2.47. The van der Waals surface area contributed by atoms with Gasteiger partial charge in [-0.3, -0.25) is 19.5 Å². The van der Waals surface area contributed by atoms with E-state index in [-0.39, 0.29) is 48.2 Å². The van der Waals surface area contributed by atoms with E-state index in [0.29, 0.717) is 33.5 Å². The molecule has 2 aromatic heterocycles. The summed E-state index contributed by atoms with van der Waals surface area (Å²) in [5.41, 5.74) is -0.112. The fourth-order valence-electron chi connectivity index (χ4n) is 4.53. The molecule has 1 aliphatic heterocycles. The molecule has 0 unspecified atom stereocenters. The Morgan fingerprint density at radius 2 is 1.86 bits per heavy atom. The van der Waals surface area contributed by atoms with Gasteiger partial charge in [-0.1, -0.05) is 11.6 Å². The molecule has 2 aliphatic rings. The van der Waals surface area contributed by atoms with Crippen molar-refractivity contribution in [3.8, 4) is 16.9 Å². The van der Waals surface area contributed by atoms with Gasteiger partial charge in [-0.2, -0.15) is 13.2 Å². The van der Waals surface area contributed by atoms with Gasteiger partial charge in [0.25, 0.3) is 0 Å². The fraction of sp³-hybridized carbons (Fsp3) is 0.375. The highest BCUT2D eigenvalue weighted by molar-refractivity contribution is 7.19. The van der Waals surface area contributed by atoms with Crippen molar-refractivity contribution in [2.75, 3.05) is 0 Å². The second-order valence-corrected chi connectivity index (χ2v) is 10.2. The summed E-state index contributed by atoms with van der Waals surface area (Å²) in [6.45, 7) is 0.0659. The fourth-order valence-corrected chi connectivity index (χ4v) is 5.88. The van der Waals surface area contributed by atoms with Crippen molar-refractivity contribution < 1.29 is 31.9 Å². The number of hydrogen-bond donors (Lipinski definition) is 0. The average molecular weight is 527 g/mol. The summed E-state index contributed by atoms with van der Waals surface area (Å²) in [5.74, 6) is -1.000. The molecule has 3 heterocycles. The van der Waals surface area contributed by atoms with Crippen molar-refractivity contribution in [1.29, 1.82) is 0 Å².